The minimum Gasteiger partial charge on any atom is -0.392 e. The van der Waals surface area contributed by atoms with E-state index in [1.807, 2.05) is 32.9 Å². The van der Waals surface area contributed by atoms with Crippen molar-refractivity contribution in [2.75, 3.05) is 0 Å². The second kappa shape index (κ2) is 4.43. The van der Waals surface area contributed by atoms with E-state index in [-0.39, 0.29) is 17.9 Å². The molecule has 0 aliphatic heterocycles. The zero-order chi connectivity index (χ0) is 14.5. The molecule has 1 heterocycles. The van der Waals surface area contributed by atoms with Gasteiger partial charge < -0.3 is 5.11 Å². The lowest BCUT2D eigenvalue weighted by molar-refractivity contribution is 0.0306. The number of hydrogen-bond acceptors (Lipinski definition) is 3. The molecule has 3 heteroatoms. The monoisotopic (exact) mass is 268 g/mol. The normalized spacial score (nSPS) is 37.4. The van der Waals surface area contributed by atoms with Crippen molar-refractivity contribution < 1.29 is 5.11 Å². The summed E-state index contributed by atoms with van der Waals surface area (Å²) in [6.45, 7) is 5.99. The summed E-state index contributed by atoms with van der Waals surface area (Å²) in [6.07, 6.45) is 3.08. The highest BCUT2D eigenvalue weighted by molar-refractivity contribution is 5.52. The maximum atomic E-state index is 10.5. The SMILES string of the molecule is C/C=C1\[C@@H]2Cc3nc(C)ccc3[C@@]1(C#N)CC(C)[C@@H]2O. The molecule has 1 saturated carbocycles. The van der Waals surface area contributed by atoms with Gasteiger partial charge in [-0.15, -0.1) is 0 Å². The predicted molar refractivity (Wildman–Crippen MR) is 77.0 cm³/mol. The summed E-state index contributed by atoms with van der Waals surface area (Å²) in [6, 6.07) is 6.60. The van der Waals surface area contributed by atoms with Crippen LogP contribution in [0.5, 0.6) is 0 Å². The molecular formula is C17H20N2O. The van der Waals surface area contributed by atoms with Crippen molar-refractivity contribution >= 4 is 0 Å². The average Bonchev–Trinajstić information content (AvgIpc) is 2.44. The van der Waals surface area contributed by atoms with E-state index < -0.39 is 5.41 Å². The minimum absolute atomic E-state index is 0.0326. The molecule has 20 heavy (non-hydrogen) atoms. The molecule has 104 valence electrons. The minimum atomic E-state index is -0.591. The van der Waals surface area contributed by atoms with E-state index in [9.17, 15) is 10.4 Å². The molecule has 1 aromatic rings. The lowest BCUT2D eigenvalue weighted by Gasteiger charge is -2.49. The van der Waals surface area contributed by atoms with Crippen LogP contribution in [-0.4, -0.2) is 16.2 Å². The second-order valence-corrected chi connectivity index (χ2v) is 6.19. The molecule has 0 amide bonds. The fourth-order valence-corrected chi connectivity index (χ4v) is 4.11. The Kier molecular flexibility index (Phi) is 2.95. The average molecular weight is 268 g/mol. The highest BCUT2D eigenvalue weighted by atomic mass is 16.3. The van der Waals surface area contributed by atoms with Crippen LogP contribution in [0.4, 0.5) is 0 Å². The van der Waals surface area contributed by atoms with Crippen molar-refractivity contribution in [1.82, 2.24) is 4.98 Å². The van der Waals surface area contributed by atoms with E-state index in [0.29, 0.717) is 6.42 Å². The molecule has 1 unspecified atom stereocenters. The molecule has 4 atom stereocenters. The van der Waals surface area contributed by atoms with E-state index in [2.05, 4.69) is 17.1 Å². The Hall–Kier alpha value is -1.66. The van der Waals surface area contributed by atoms with Crippen LogP contribution in [0, 0.1) is 30.1 Å². The lowest BCUT2D eigenvalue weighted by Crippen LogP contribution is -2.50. The van der Waals surface area contributed by atoms with E-state index in [0.717, 1.165) is 28.9 Å². The van der Waals surface area contributed by atoms with Crippen molar-refractivity contribution in [1.29, 1.82) is 5.26 Å². The number of nitriles is 1. The van der Waals surface area contributed by atoms with Gasteiger partial charge in [-0.1, -0.05) is 19.1 Å². The van der Waals surface area contributed by atoms with Gasteiger partial charge in [-0.05, 0) is 49.8 Å². The first-order valence-electron chi connectivity index (χ1n) is 7.26. The van der Waals surface area contributed by atoms with E-state index in [4.69, 9.17) is 0 Å². The molecule has 3 rings (SSSR count). The van der Waals surface area contributed by atoms with Crippen molar-refractivity contribution in [3.63, 3.8) is 0 Å². The van der Waals surface area contributed by atoms with Gasteiger partial charge in [0.2, 0.25) is 0 Å². The summed E-state index contributed by atoms with van der Waals surface area (Å²) < 4.78 is 0. The number of aliphatic hydroxyl groups is 1. The number of aliphatic hydroxyl groups excluding tert-OH is 1. The van der Waals surface area contributed by atoms with Crippen LogP contribution < -0.4 is 0 Å². The quantitative estimate of drug-likeness (QED) is 0.736. The first-order chi connectivity index (χ1) is 9.53. The van der Waals surface area contributed by atoms with Crippen molar-refractivity contribution in [3.05, 3.63) is 40.7 Å². The standard InChI is InChI=1S/C17H20N2O/c1-4-13-12-7-15-14(6-5-11(3)19-15)17(13,9-18)8-10(2)16(12)20/h4-6,10,12,16,20H,7-8H2,1-3H3/b13-4+/t10?,12-,16-,17+/m0/s1. The zero-order valence-electron chi connectivity index (χ0n) is 12.2. The van der Waals surface area contributed by atoms with Crippen molar-refractivity contribution in [2.45, 2.75) is 45.1 Å². The van der Waals surface area contributed by atoms with Gasteiger partial charge in [0.15, 0.2) is 0 Å². The highest BCUT2D eigenvalue weighted by Crippen LogP contribution is 2.53. The Labute approximate surface area is 120 Å². The number of fused-ring (bicyclic) bond motifs is 4. The molecule has 3 nitrogen and oxygen atoms in total. The first kappa shape index (κ1) is 13.3. The highest BCUT2D eigenvalue weighted by Gasteiger charge is 2.53. The van der Waals surface area contributed by atoms with Gasteiger partial charge in [0.05, 0.1) is 12.2 Å². The third kappa shape index (κ3) is 1.58. The molecule has 2 aliphatic rings. The summed E-state index contributed by atoms with van der Waals surface area (Å²) in [7, 11) is 0. The maximum absolute atomic E-state index is 10.5. The molecule has 2 aliphatic carbocycles. The van der Waals surface area contributed by atoms with Crippen molar-refractivity contribution in [2.24, 2.45) is 11.8 Å². The Morgan fingerprint density at radius 3 is 2.90 bits per heavy atom. The van der Waals surface area contributed by atoms with Gasteiger partial charge in [-0.2, -0.15) is 5.26 Å². The number of hydrogen-bond donors (Lipinski definition) is 1. The maximum Gasteiger partial charge on any atom is 0.106 e. The van der Waals surface area contributed by atoms with Crippen LogP contribution in [0.2, 0.25) is 0 Å². The zero-order valence-corrected chi connectivity index (χ0v) is 12.2. The summed E-state index contributed by atoms with van der Waals surface area (Å²) >= 11 is 0. The van der Waals surface area contributed by atoms with Crippen LogP contribution in [-0.2, 0) is 11.8 Å². The van der Waals surface area contributed by atoms with Crippen molar-refractivity contribution in [3.8, 4) is 6.07 Å². The van der Waals surface area contributed by atoms with Gasteiger partial charge in [-0.3, -0.25) is 4.98 Å². The third-order valence-electron chi connectivity index (χ3n) is 5.00. The van der Waals surface area contributed by atoms with Crippen LogP contribution in [0.25, 0.3) is 0 Å². The second-order valence-electron chi connectivity index (χ2n) is 6.19. The fourth-order valence-electron chi connectivity index (χ4n) is 4.11. The van der Waals surface area contributed by atoms with E-state index in [1.54, 1.807) is 0 Å². The molecule has 0 spiro atoms. The third-order valence-corrected chi connectivity index (χ3v) is 5.00. The van der Waals surface area contributed by atoms with Gasteiger partial charge in [0, 0.05) is 17.3 Å². The number of nitrogens with zero attached hydrogens (tertiary/aromatic N) is 2. The van der Waals surface area contributed by atoms with Crippen LogP contribution in [0.15, 0.2) is 23.8 Å². The molecule has 1 fully saturated rings. The largest absolute Gasteiger partial charge is 0.392 e. The molecular weight excluding hydrogens is 248 g/mol. The van der Waals surface area contributed by atoms with Gasteiger partial charge in [-0.25, -0.2) is 0 Å². The predicted octanol–water partition coefficient (Wildman–Crippen LogP) is 2.67. The molecule has 2 bridgehead atoms. The topological polar surface area (TPSA) is 56.9 Å². The lowest BCUT2D eigenvalue weighted by atomic mass is 9.54. The van der Waals surface area contributed by atoms with Gasteiger partial charge in [0.1, 0.15) is 5.41 Å². The first-order valence-corrected chi connectivity index (χ1v) is 7.26. The van der Waals surface area contributed by atoms with Gasteiger partial charge in [0.25, 0.3) is 0 Å². The molecule has 0 saturated heterocycles. The Bertz CT molecular complexity index is 628. The number of allylic oxidation sites excluding steroid dienone is 1. The number of pyridine rings is 1. The number of rotatable bonds is 0. The summed E-state index contributed by atoms with van der Waals surface area (Å²) in [5.74, 6) is 0.169. The fraction of sp³-hybridized carbons (Fsp3) is 0.529. The van der Waals surface area contributed by atoms with E-state index >= 15 is 0 Å². The molecule has 1 N–H and O–H groups in total. The van der Waals surface area contributed by atoms with E-state index in [1.165, 1.54) is 0 Å². The number of aromatic nitrogens is 1. The van der Waals surface area contributed by atoms with Crippen LogP contribution in [0.3, 0.4) is 0 Å². The van der Waals surface area contributed by atoms with Gasteiger partial charge >= 0.3 is 0 Å². The number of aryl methyl sites for hydroxylation is 1. The molecule has 0 radical (unpaired) electrons. The Morgan fingerprint density at radius 1 is 1.50 bits per heavy atom. The summed E-state index contributed by atoms with van der Waals surface area (Å²) in [4.78, 5) is 4.63. The summed E-state index contributed by atoms with van der Waals surface area (Å²) in [5, 5.41) is 20.4. The smallest absolute Gasteiger partial charge is 0.106 e. The summed E-state index contributed by atoms with van der Waals surface area (Å²) in [5.41, 5.74) is 3.51. The Morgan fingerprint density at radius 2 is 2.25 bits per heavy atom. The van der Waals surface area contributed by atoms with Crippen LogP contribution >= 0.6 is 0 Å². The van der Waals surface area contributed by atoms with Crippen LogP contribution in [0.1, 0.15) is 37.2 Å². The Balaban J connectivity index is 2.28. The molecule has 1 aromatic heterocycles. The molecule has 0 aromatic carbocycles.